The maximum atomic E-state index is 11.8. The van der Waals surface area contributed by atoms with Crippen molar-refractivity contribution in [1.82, 2.24) is 5.32 Å². The summed E-state index contributed by atoms with van der Waals surface area (Å²) in [6, 6.07) is 6.92. The molecule has 0 aliphatic heterocycles. The maximum Gasteiger partial charge on any atom is 0.407 e. The number of nitro benzene ring substituents is 1. The lowest BCUT2D eigenvalue weighted by Gasteiger charge is -2.30. The van der Waals surface area contributed by atoms with E-state index < -0.39 is 11.7 Å². The van der Waals surface area contributed by atoms with E-state index in [9.17, 15) is 14.9 Å². The van der Waals surface area contributed by atoms with E-state index >= 15 is 0 Å². The first-order valence-electron chi connectivity index (χ1n) is 8.24. The number of amides is 1. The topological polar surface area (TPSA) is 93.5 Å². The smallest absolute Gasteiger partial charge is 0.407 e. The standard InChI is InChI=1S/C17H25N3O4/c1-17(2,3)24-16(21)19-13-10-8-12(9-11-13)18-14-6-4-5-7-15(14)20(22)23/h4-7,12-13,18H,8-11H2,1-3H3,(H,19,21)/t12-,13+. The van der Waals surface area contributed by atoms with Crippen molar-refractivity contribution < 1.29 is 14.5 Å². The largest absolute Gasteiger partial charge is 0.444 e. The van der Waals surface area contributed by atoms with Crippen molar-refractivity contribution in [3.8, 4) is 0 Å². The zero-order valence-corrected chi connectivity index (χ0v) is 14.4. The molecule has 7 nitrogen and oxygen atoms in total. The van der Waals surface area contributed by atoms with E-state index in [1.54, 1.807) is 18.2 Å². The third kappa shape index (κ3) is 5.40. The van der Waals surface area contributed by atoms with Gasteiger partial charge in [-0.2, -0.15) is 0 Å². The average molecular weight is 335 g/mol. The number of nitro groups is 1. The summed E-state index contributed by atoms with van der Waals surface area (Å²) >= 11 is 0. The van der Waals surface area contributed by atoms with Crippen LogP contribution < -0.4 is 10.6 Å². The molecular formula is C17H25N3O4. The SMILES string of the molecule is CC(C)(C)OC(=O)N[C@H]1CC[C@@H](Nc2ccccc2[N+](=O)[O-])CC1. The van der Waals surface area contributed by atoms with E-state index in [4.69, 9.17) is 4.74 Å². The minimum atomic E-state index is -0.505. The molecule has 0 heterocycles. The molecule has 1 amide bonds. The van der Waals surface area contributed by atoms with Crippen LogP contribution in [0.5, 0.6) is 0 Å². The second-order valence-electron chi connectivity index (χ2n) is 7.11. The Balaban J connectivity index is 1.83. The Morgan fingerprint density at radius 3 is 2.33 bits per heavy atom. The van der Waals surface area contributed by atoms with Crippen LogP contribution in [-0.4, -0.2) is 28.7 Å². The molecule has 1 aromatic carbocycles. The Morgan fingerprint density at radius 2 is 1.75 bits per heavy atom. The zero-order valence-electron chi connectivity index (χ0n) is 14.4. The Morgan fingerprint density at radius 1 is 1.17 bits per heavy atom. The lowest BCUT2D eigenvalue weighted by Crippen LogP contribution is -2.42. The molecule has 0 radical (unpaired) electrons. The quantitative estimate of drug-likeness (QED) is 0.644. The summed E-state index contributed by atoms with van der Waals surface area (Å²) in [7, 11) is 0. The number of carbonyl (C=O) groups excluding carboxylic acids is 1. The highest BCUT2D eigenvalue weighted by Gasteiger charge is 2.25. The predicted molar refractivity (Wildman–Crippen MR) is 92.1 cm³/mol. The fourth-order valence-corrected chi connectivity index (χ4v) is 2.83. The van der Waals surface area contributed by atoms with Crippen LogP contribution in [0.15, 0.2) is 24.3 Å². The van der Waals surface area contributed by atoms with Crippen molar-refractivity contribution in [3.63, 3.8) is 0 Å². The van der Waals surface area contributed by atoms with Crippen molar-refractivity contribution >= 4 is 17.5 Å². The number of hydrogen-bond acceptors (Lipinski definition) is 5. The number of ether oxygens (including phenoxy) is 1. The second kappa shape index (κ2) is 7.51. The molecule has 0 bridgehead atoms. The predicted octanol–water partition coefficient (Wildman–Crippen LogP) is 3.84. The van der Waals surface area contributed by atoms with E-state index in [-0.39, 0.29) is 22.7 Å². The first kappa shape index (κ1) is 18.0. The first-order chi connectivity index (χ1) is 11.2. The molecule has 0 saturated heterocycles. The van der Waals surface area contributed by atoms with Crippen LogP contribution in [0.25, 0.3) is 0 Å². The molecule has 132 valence electrons. The summed E-state index contributed by atoms with van der Waals surface area (Å²) in [4.78, 5) is 22.5. The summed E-state index contributed by atoms with van der Waals surface area (Å²) in [6.45, 7) is 5.50. The van der Waals surface area contributed by atoms with Gasteiger partial charge in [0.15, 0.2) is 0 Å². The van der Waals surface area contributed by atoms with E-state index in [0.29, 0.717) is 5.69 Å². The van der Waals surface area contributed by atoms with Gasteiger partial charge in [-0.25, -0.2) is 4.79 Å². The van der Waals surface area contributed by atoms with Gasteiger partial charge < -0.3 is 15.4 Å². The number of hydrogen-bond donors (Lipinski definition) is 2. The van der Waals surface area contributed by atoms with E-state index in [2.05, 4.69) is 10.6 Å². The van der Waals surface area contributed by atoms with Crippen LogP contribution in [-0.2, 0) is 4.74 Å². The third-order valence-corrected chi connectivity index (χ3v) is 3.91. The van der Waals surface area contributed by atoms with Gasteiger partial charge in [0.2, 0.25) is 0 Å². The first-order valence-corrected chi connectivity index (χ1v) is 8.24. The lowest BCUT2D eigenvalue weighted by atomic mass is 9.91. The van der Waals surface area contributed by atoms with Crippen LogP contribution >= 0.6 is 0 Å². The van der Waals surface area contributed by atoms with Gasteiger partial charge in [-0.1, -0.05) is 12.1 Å². The van der Waals surface area contributed by atoms with Crippen LogP contribution in [0.4, 0.5) is 16.2 Å². The lowest BCUT2D eigenvalue weighted by molar-refractivity contribution is -0.384. The molecule has 1 aliphatic carbocycles. The van der Waals surface area contributed by atoms with Gasteiger partial charge in [0.25, 0.3) is 5.69 Å². The Bertz CT molecular complexity index is 590. The zero-order chi connectivity index (χ0) is 17.7. The average Bonchev–Trinajstić information content (AvgIpc) is 2.47. The number of nitrogens with one attached hydrogen (secondary N) is 2. The Labute approximate surface area is 141 Å². The molecule has 1 saturated carbocycles. The monoisotopic (exact) mass is 335 g/mol. The van der Waals surface area contributed by atoms with Gasteiger partial charge in [-0.15, -0.1) is 0 Å². The third-order valence-electron chi connectivity index (χ3n) is 3.91. The minimum Gasteiger partial charge on any atom is -0.444 e. The summed E-state index contributed by atoms with van der Waals surface area (Å²) in [5, 5.41) is 17.2. The highest BCUT2D eigenvalue weighted by atomic mass is 16.6. The highest BCUT2D eigenvalue weighted by Crippen LogP contribution is 2.28. The van der Waals surface area contributed by atoms with Crippen molar-refractivity contribution in [1.29, 1.82) is 0 Å². The number of rotatable bonds is 4. The summed E-state index contributed by atoms with van der Waals surface area (Å²) in [5.74, 6) is 0. The van der Waals surface area contributed by atoms with Crippen molar-refractivity contribution in [3.05, 3.63) is 34.4 Å². The van der Waals surface area contributed by atoms with E-state index in [1.807, 2.05) is 20.8 Å². The number of benzene rings is 1. The molecule has 7 heteroatoms. The molecular weight excluding hydrogens is 310 g/mol. The maximum absolute atomic E-state index is 11.8. The molecule has 0 aromatic heterocycles. The molecule has 24 heavy (non-hydrogen) atoms. The van der Waals surface area contributed by atoms with Gasteiger partial charge in [0.1, 0.15) is 11.3 Å². The second-order valence-corrected chi connectivity index (χ2v) is 7.11. The number of carbonyl (C=O) groups is 1. The van der Waals surface area contributed by atoms with Gasteiger partial charge in [0.05, 0.1) is 4.92 Å². The molecule has 1 aromatic rings. The highest BCUT2D eigenvalue weighted by molar-refractivity contribution is 5.68. The van der Waals surface area contributed by atoms with Gasteiger partial charge >= 0.3 is 6.09 Å². The molecule has 2 rings (SSSR count). The van der Waals surface area contributed by atoms with E-state index in [0.717, 1.165) is 25.7 Å². The molecule has 0 spiro atoms. The number of anilines is 1. The van der Waals surface area contributed by atoms with Crippen LogP contribution in [0.2, 0.25) is 0 Å². The summed E-state index contributed by atoms with van der Waals surface area (Å²) < 4.78 is 5.26. The fraction of sp³-hybridized carbons (Fsp3) is 0.588. The van der Waals surface area contributed by atoms with Crippen molar-refractivity contribution in [2.75, 3.05) is 5.32 Å². The van der Waals surface area contributed by atoms with E-state index in [1.165, 1.54) is 6.07 Å². The van der Waals surface area contributed by atoms with Crippen LogP contribution in [0.3, 0.4) is 0 Å². The fourth-order valence-electron chi connectivity index (χ4n) is 2.83. The molecule has 2 N–H and O–H groups in total. The molecule has 0 unspecified atom stereocenters. The van der Waals surface area contributed by atoms with Crippen LogP contribution in [0, 0.1) is 10.1 Å². The number of para-hydroxylation sites is 2. The van der Waals surface area contributed by atoms with Gasteiger partial charge in [-0.05, 0) is 52.5 Å². The Hall–Kier alpha value is -2.31. The number of nitrogens with zero attached hydrogens (tertiary/aromatic N) is 1. The number of alkyl carbamates (subject to hydrolysis) is 1. The van der Waals surface area contributed by atoms with Crippen molar-refractivity contribution in [2.45, 2.75) is 64.1 Å². The molecule has 0 atom stereocenters. The normalized spacial score (nSPS) is 21.0. The summed E-state index contributed by atoms with van der Waals surface area (Å²) in [6.07, 6.45) is 2.92. The summed E-state index contributed by atoms with van der Waals surface area (Å²) in [5.41, 5.74) is 0.132. The molecule has 1 fully saturated rings. The Kier molecular flexibility index (Phi) is 5.64. The van der Waals surface area contributed by atoms with Gasteiger partial charge in [-0.3, -0.25) is 10.1 Å². The van der Waals surface area contributed by atoms with Crippen molar-refractivity contribution in [2.24, 2.45) is 0 Å². The van der Waals surface area contributed by atoms with Gasteiger partial charge in [0, 0.05) is 18.2 Å². The van der Waals surface area contributed by atoms with Crippen LogP contribution in [0.1, 0.15) is 46.5 Å². The minimum absolute atomic E-state index is 0.0867. The molecule has 1 aliphatic rings.